The number of anilines is 3. The van der Waals surface area contributed by atoms with Crippen LogP contribution in [0.25, 0.3) is 0 Å². The molecule has 32 heavy (non-hydrogen) atoms. The molecule has 1 aromatic heterocycles. The second-order valence-electron chi connectivity index (χ2n) is 8.61. The number of nitrogens with zero attached hydrogens (tertiary/aromatic N) is 3. The first-order chi connectivity index (χ1) is 15.5. The Kier molecular flexibility index (Phi) is 7.32. The number of methoxy groups -OCH3 is 1. The maximum absolute atomic E-state index is 12.8. The molecular formula is C23H31ClN6O2. The van der Waals surface area contributed by atoms with E-state index < -0.39 is 0 Å². The number of nitrogens with one attached hydrogen (secondary N) is 3. The van der Waals surface area contributed by atoms with Crippen LogP contribution in [0.1, 0.15) is 48.9 Å². The Balaban J connectivity index is 1.48. The molecule has 1 aliphatic carbocycles. The molecule has 8 nitrogen and oxygen atoms in total. The zero-order chi connectivity index (χ0) is 22.5. The largest absolute Gasteiger partial charge is 0.495 e. The molecule has 1 aromatic carbocycles. The second-order valence-corrected chi connectivity index (χ2v) is 9.01. The number of likely N-dealkylation sites (tertiary alicyclic amines) is 1. The first kappa shape index (κ1) is 22.6. The summed E-state index contributed by atoms with van der Waals surface area (Å²) in [4.78, 5) is 24.0. The number of benzene rings is 1. The third-order valence-corrected chi connectivity index (χ3v) is 6.48. The van der Waals surface area contributed by atoms with Crippen molar-refractivity contribution in [2.75, 3.05) is 37.9 Å². The third kappa shape index (κ3) is 5.61. The van der Waals surface area contributed by atoms with E-state index in [1.165, 1.54) is 12.8 Å². The van der Waals surface area contributed by atoms with E-state index in [1.54, 1.807) is 31.5 Å². The van der Waals surface area contributed by atoms with Crippen molar-refractivity contribution in [3.05, 3.63) is 35.0 Å². The Hall–Kier alpha value is -2.58. The molecule has 3 N–H and O–H groups in total. The molecule has 2 fully saturated rings. The Morgan fingerprint density at radius 2 is 1.91 bits per heavy atom. The highest BCUT2D eigenvalue weighted by Gasteiger charge is 2.21. The van der Waals surface area contributed by atoms with Crippen LogP contribution in [0, 0.1) is 0 Å². The molecule has 1 aliphatic heterocycles. The quantitative estimate of drug-likeness (QED) is 0.576. The topological polar surface area (TPSA) is 91.4 Å². The van der Waals surface area contributed by atoms with Gasteiger partial charge in [-0.3, -0.25) is 4.79 Å². The van der Waals surface area contributed by atoms with Gasteiger partial charge in [0, 0.05) is 17.6 Å². The van der Waals surface area contributed by atoms with Gasteiger partial charge in [0.25, 0.3) is 5.91 Å². The van der Waals surface area contributed by atoms with E-state index >= 15 is 0 Å². The molecule has 2 aliphatic rings. The fraction of sp³-hybridized carbons (Fsp3) is 0.522. The van der Waals surface area contributed by atoms with Crippen LogP contribution in [0.5, 0.6) is 5.75 Å². The minimum Gasteiger partial charge on any atom is -0.495 e. The Morgan fingerprint density at radius 1 is 1.16 bits per heavy atom. The van der Waals surface area contributed by atoms with Crippen LogP contribution in [0.15, 0.2) is 24.4 Å². The monoisotopic (exact) mass is 458 g/mol. The summed E-state index contributed by atoms with van der Waals surface area (Å²) in [5.41, 5.74) is 1.18. The summed E-state index contributed by atoms with van der Waals surface area (Å²) in [6.45, 7) is 1.98. The van der Waals surface area contributed by atoms with E-state index in [4.69, 9.17) is 16.3 Å². The normalized spacial score (nSPS) is 17.8. The molecule has 9 heteroatoms. The number of aromatic nitrogens is 2. The highest BCUT2D eigenvalue weighted by molar-refractivity contribution is 6.32. The minimum absolute atomic E-state index is 0.0918. The van der Waals surface area contributed by atoms with Crippen LogP contribution in [0.4, 0.5) is 17.5 Å². The van der Waals surface area contributed by atoms with Gasteiger partial charge in [0.2, 0.25) is 5.95 Å². The number of rotatable bonds is 7. The van der Waals surface area contributed by atoms with Crippen molar-refractivity contribution >= 4 is 35.0 Å². The van der Waals surface area contributed by atoms with Crippen LogP contribution in [-0.2, 0) is 0 Å². The van der Waals surface area contributed by atoms with Gasteiger partial charge in [-0.2, -0.15) is 4.98 Å². The molecule has 2 aromatic rings. The van der Waals surface area contributed by atoms with Gasteiger partial charge in [-0.25, -0.2) is 4.98 Å². The third-order valence-electron chi connectivity index (χ3n) is 6.20. The second kappa shape index (κ2) is 10.4. The lowest BCUT2D eigenvalue weighted by Crippen LogP contribution is -2.43. The summed E-state index contributed by atoms with van der Waals surface area (Å²) >= 11 is 6.31. The van der Waals surface area contributed by atoms with Gasteiger partial charge in [-0.15, -0.1) is 0 Å². The molecule has 1 saturated carbocycles. The zero-order valence-electron chi connectivity index (χ0n) is 18.7. The lowest BCUT2D eigenvalue weighted by Gasteiger charge is -2.29. The molecule has 0 spiro atoms. The summed E-state index contributed by atoms with van der Waals surface area (Å²) in [6.07, 6.45) is 8.16. The highest BCUT2D eigenvalue weighted by Crippen LogP contribution is 2.30. The molecule has 0 radical (unpaired) electrons. The number of hydrogen-bond donors (Lipinski definition) is 3. The number of carbonyl (C=O) groups excluding carboxylic acids is 1. The molecule has 172 valence electrons. The van der Waals surface area contributed by atoms with Crippen molar-refractivity contribution in [1.29, 1.82) is 0 Å². The zero-order valence-corrected chi connectivity index (χ0v) is 19.4. The van der Waals surface area contributed by atoms with Gasteiger partial charge in [0.1, 0.15) is 10.8 Å². The first-order valence-electron chi connectivity index (χ1n) is 11.3. The summed E-state index contributed by atoms with van der Waals surface area (Å²) in [7, 11) is 3.70. The molecule has 1 saturated heterocycles. The molecule has 0 atom stereocenters. The van der Waals surface area contributed by atoms with Crippen molar-refractivity contribution < 1.29 is 9.53 Å². The molecule has 4 rings (SSSR count). The first-order valence-corrected chi connectivity index (χ1v) is 11.6. The summed E-state index contributed by atoms with van der Waals surface area (Å²) < 4.78 is 5.48. The van der Waals surface area contributed by atoms with Crippen molar-refractivity contribution in [1.82, 2.24) is 20.2 Å². The van der Waals surface area contributed by atoms with Crippen LogP contribution >= 0.6 is 11.6 Å². The molecule has 2 heterocycles. The fourth-order valence-electron chi connectivity index (χ4n) is 4.28. The molecule has 1 amide bonds. The summed E-state index contributed by atoms with van der Waals surface area (Å²) in [5.74, 6) is 1.52. The summed E-state index contributed by atoms with van der Waals surface area (Å²) in [6, 6.07) is 5.90. The number of halogens is 1. The van der Waals surface area contributed by atoms with Gasteiger partial charge in [0.15, 0.2) is 5.82 Å². The van der Waals surface area contributed by atoms with Crippen molar-refractivity contribution in [2.24, 2.45) is 0 Å². The van der Waals surface area contributed by atoms with Crippen molar-refractivity contribution in [3.8, 4) is 5.75 Å². The SMILES string of the molecule is COc1ccc(C(=O)NC2CCN(C)CC2)cc1Nc1ncc(Cl)c(NC2CCCC2)n1. The van der Waals surface area contributed by atoms with Gasteiger partial charge < -0.3 is 25.6 Å². The average molecular weight is 459 g/mol. The smallest absolute Gasteiger partial charge is 0.251 e. The highest BCUT2D eigenvalue weighted by atomic mass is 35.5. The number of carbonyl (C=O) groups is 1. The van der Waals surface area contributed by atoms with Crippen LogP contribution in [0.3, 0.4) is 0 Å². The summed E-state index contributed by atoms with van der Waals surface area (Å²) in [5, 5.41) is 10.2. The van der Waals surface area contributed by atoms with Crippen LogP contribution < -0.4 is 20.7 Å². The predicted octanol–water partition coefficient (Wildman–Crippen LogP) is 4.06. The van der Waals surface area contributed by atoms with Crippen molar-refractivity contribution in [3.63, 3.8) is 0 Å². The van der Waals surface area contributed by atoms with Crippen LogP contribution in [0.2, 0.25) is 5.02 Å². The maximum Gasteiger partial charge on any atom is 0.251 e. The number of hydrogen-bond acceptors (Lipinski definition) is 7. The molecule has 0 bridgehead atoms. The molecular weight excluding hydrogens is 428 g/mol. The van der Waals surface area contributed by atoms with Gasteiger partial charge in [0.05, 0.1) is 19.0 Å². The van der Waals surface area contributed by atoms with Crippen LogP contribution in [-0.4, -0.2) is 60.1 Å². The number of amides is 1. The molecule has 0 unspecified atom stereocenters. The lowest BCUT2D eigenvalue weighted by atomic mass is 10.0. The number of ether oxygens (including phenoxy) is 1. The predicted molar refractivity (Wildman–Crippen MR) is 127 cm³/mol. The lowest BCUT2D eigenvalue weighted by molar-refractivity contribution is 0.0917. The van der Waals surface area contributed by atoms with E-state index in [0.29, 0.717) is 39.8 Å². The maximum atomic E-state index is 12.8. The van der Waals surface area contributed by atoms with E-state index in [2.05, 4.69) is 37.9 Å². The van der Waals surface area contributed by atoms with Gasteiger partial charge in [-0.1, -0.05) is 24.4 Å². The average Bonchev–Trinajstić information content (AvgIpc) is 3.31. The Morgan fingerprint density at radius 3 is 2.62 bits per heavy atom. The van der Waals surface area contributed by atoms with E-state index in [-0.39, 0.29) is 11.9 Å². The minimum atomic E-state index is -0.0918. The van der Waals surface area contributed by atoms with E-state index in [1.807, 2.05) is 0 Å². The van der Waals surface area contributed by atoms with Gasteiger partial charge >= 0.3 is 0 Å². The Labute approximate surface area is 194 Å². The van der Waals surface area contributed by atoms with E-state index in [0.717, 1.165) is 38.8 Å². The fourth-order valence-corrected chi connectivity index (χ4v) is 4.43. The number of piperidine rings is 1. The standard InChI is InChI=1S/C23H31ClN6O2/c1-30-11-9-17(10-12-30)27-22(31)15-7-8-20(32-2)19(13-15)28-23-25-14-18(24)21(29-23)26-16-5-3-4-6-16/h7-8,13-14,16-17H,3-6,9-12H2,1-2H3,(H,27,31)(H2,25,26,28,29). The van der Waals surface area contributed by atoms with Crippen molar-refractivity contribution in [2.45, 2.75) is 50.6 Å². The Bertz CT molecular complexity index is 942. The van der Waals surface area contributed by atoms with E-state index in [9.17, 15) is 4.79 Å². The van der Waals surface area contributed by atoms with Gasteiger partial charge in [-0.05, 0) is 64.0 Å².